The first kappa shape index (κ1) is 33.2. The lowest BCUT2D eigenvalue weighted by Gasteiger charge is -2.35. The maximum Gasteiger partial charge on any atom is 0.340 e. The number of carbonyl (C=O) groups is 3. The zero-order chi connectivity index (χ0) is 35.1. The Morgan fingerprint density at radius 3 is 1.76 bits per heavy atom. The van der Waals surface area contributed by atoms with Gasteiger partial charge in [0.2, 0.25) is 0 Å². The number of hydrogen-bond donors (Lipinski definition) is 0. The summed E-state index contributed by atoms with van der Waals surface area (Å²) in [5.41, 5.74) is 5.30. The zero-order valence-electron chi connectivity index (χ0n) is 30.3. The Hall–Kier alpha value is -3.93. The molecule has 7 atom stereocenters. The van der Waals surface area contributed by atoms with Crippen LogP contribution in [0.4, 0.5) is 0 Å². The molecule has 2 unspecified atom stereocenters. The molecule has 4 aliphatic carbocycles. The maximum absolute atomic E-state index is 13.8. The third kappa shape index (κ3) is 5.31. The molecule has 1 aliphatic heterocycles. The number of fused-ring (bicyclic) bond motifs is 3. The molecule has 3 aromatic carbocycles. The second-order valence-electron chi connectivity index (χ2n) is 16.5. The molecule has 4 saturated carbocycles. The molecule has 6 heteroatoms. The number of carbonyl (C=O) groups excluding carboxylic acids is 3. The van der Waals surface area contributed by atoms with Crippen molar-refractivity contribution in [2.75, 3.05) is 0 Å². The molecule has 0 radical (unpaired) electrons. The highest BCUT2D eigenvalue weighted by molar-refractivity contribution is 5.96. The number of ether oxygens (including phenoxy) is 3. The Morgan fingerprint density at radius 2 is 1.20 bits per heavy atom. The fourth-order valence-electron chi connectivity index (χ4n) is 10.0. The van der Waals surface area contributed by atoms with Gasteiger partial charge in [0.15, 0.2) is 5.60 Å². The summed E-state index contributed by atoms with van der Waals surface area (Å²) in [5, 5.41) is 0. The molecule has 4 fully saturated rings. The molecule has 6 nitrogen and oxygen atoms in total. The number of benzene rings is 3. The van der Waals surface area contributed by atoms with E-state index in [0.717, 1.165) is 64.6 Å². The average Bonchev–Trinajstić information content (AvgIpc) is 3.99. The lowest BCUT2D eigenvalue weighted by molar-refractivity contribution is -0.137. The minimum Gasteiger partial charge on any atom is -0.441 e. The van der Waals surface area contributed by atoms with Gasteiger partial charge in [0, 0.05) is 16.7 Å². The summed E-state index contributed by atoms with van der Waals surface area (Å²) >= 11 is 0. The van der Waals surface area contributed by atoms with Crippen LogP contribution in [-0.2, 0) is 19.9 Å². The van der Waals surface area contributed by atoms with Gasteiger partial charge in [0.1, 0.15) is 11.5 Å². The number of aryl methyl sites for hydroxylation is 2. The topological polar surface area (TPSA) is 78.9 Å². The highest BCUT2D eigenvalue weighted by atomic mass is 16.6. The van der Waals surface area contributed by atoms with Crippen molar-refractivity contribution in [3.63, 3.8) is 0 Å². The monoisotopic (exact) mass is 674 g/mol. The van der Waals surface area contributed by atoms with E-state index in [1.807, 2.05) is 50.2 Å². The van der Waals surface area contributed by atoms with Crippen LogP contribution in [-0.4, -0.2) is 17.9 Å². The Bertz CT molecular complexity index is 1860. The standard InChI is InChI=1S/C44H50O6/c1-23(2)32-22-37(48-42(46)39-27-13-7-8-14-28(27)39)26(6)19-36(32)44(34-18-12-11-17-31(34)41(45)50-44)35-21-33(24(3)4)38(20-25(35)5)49-43(47)40-29-15-9-10-16-30(29)40/h11-12,17-24,27-30,39-40H,7-10,13-16H2,1-6H3/t27-,28+,29-,30+,39?,40?,44-/m0/s1. The Kier molecular flexibility index (Phi) is 8.23. The van der Waals surface area contributed by atoms with Crippen LogP contribution in [0.25, 0.3) is 0 Å². The summed E-state index contributed by atoms with van der Waals surface area (Å²) in [7, 11) is 0. The minimum absolute atomic E-state index is 0.000319. The Morgan fingerprint density at radius 1 is 0.660 bits per heavy atom. The molecular formula is C44H50O6. The van der Waals surface area contributed by atoms with Crippen LogP contribution in [0.3, 0.4) is 0 Å². The molecule has 0 saturated heterocycles. The second-order valence-corrected chi connectivity index (χ2v) is 16.5. The molecule has 0 bridgehead atoms. The van der Waals surface area contributed by atoms with Crippen LogP contribution in [0.1, 0.15) is 140 Å². The van der Waals surface area contributed by atoms with E-state index in [2.05, 4.69) is 39.8 Å². The summed E-state index contributed by atoms with van der Waals surface area (Å²) in [5.74, 6) is 2.48. The van der Waals surface area contributed by atoms with E-state index in [9.17, 15) is 14.4 Å². The molecule has 1 heterocycles. The fourth-order valence-corrected chi connectivity index (χ4v) is 10.0. The number of esters is 3. The first-order valence-corrected chi connectivity index (χ1v) is 19.1. The first-order valence-electron chi connectivity index (χ1n) is 19.1. The quantitative estimate of drug-likeness (QED) is 0.175. The SMILES string of the molecule is Cc1cc([C@]2(c3cc(C(C)C)c(OC(=O)C4[C@H]5CCCC[C@@H]45)cc3C)OC(=O)c3ccccc32)c(C(C)C)cc1OC(=O)C1[C@H]2CCCC[C@@H]12. The van der Waals surface area contributed by atoms with E-state index in [-0.39, 0.29) is 41.6 Å². The largest absolute Gasteiger partial charge is 0.441 e. The minimum atomic E-state index is -1.26. The van der Waals surface area contributed by atoms with Gasteiger partial charge in [-0.1, -0.05) is 71.6 Å². The summed E-state index contributed by atoms with van der Waals surface area (Å²) in [6, 6.07) is 15.8. The van der Waals surface area contributed by atoms with E-state index >= 15 is 0 Å². The van der Waals surface area contributed by atoms with Crippen molar-refractivity contribution in [3.8, 4) is 11.5 Å². The molecule has 3 aromatic rings. The third-order valence-corrected chi connectivity index (χ3v) is 12.8. The average molecular weight is 675 g/mol. The van der Waals surface area contributed by atoms with Crippen molar-refractivity contribution in [2.24, 2.45) is 35.5 Å². The van der Waals surface area contributed by atoms with Crippen LogP contribution >= 0.6 is 0 Å². The van der Waals surface area contributed by atoms with Crippen molar-refractivity contribution >= 4 is 17.9 Å². The van der Waals surface area contributed by atoms with Crippen LogP contribution in [0.5, 0.6) is 11.5 Å². The van der Waals surface area contributed by atoms with Gasteiger partial charge in [-0.25, -0.2) is 4.79 Å². The molecular weight excluding hydrogens is 624 g/mol. The van der Waals surface area contributed by atoms with Gasteiger partial charge in [-0.3, -0.25) is 9.59 Å². The summed E-state index contributed by atoms with van der Waals surface area (Å²) in [6.07, 6.45) is 9.24. The normalized spacial score (nSPS) is 29.2. The van der Waals surface area contributed by atoms with Gasteiger partial charge in [0.25, 0.3) is 0 Å². The Labute approximate surface area is 296 Å². The zero-order valence-corrected chi connectivity index (χ0v) is 30.3. The van der Waals surface area contributed by atoms with Gasteiger partial charge in [-0.2, -0.15) is 0 Å². The van der Waals surface area contributed by atoms with Gasteiger partial charge in [-0.15, -0.1) is 0 Å². The molecule has 0 aromatic heterocycles. The molecule has 8 rings (SSSR count). The van der Waals surface area contributed by atoms with E-state index in [1.165, 1.54) is 25.7 Å². The van der Waals surface area contributed by atoms with E-state index in [0.29, 0.717) is 40.7 Å². The highest BCUT2D eigenvalue weighted by Crippen LogP contribution is 2.58. The third-order valence-electron chi connectivity index (χ3n) is 12.8. The summed E-state index contributed by atoms with van der Waals surface area (Å²) < 4.78 is 19.1. The van der Waals surface area contributed by atoms with E-state index in [4.69, 9.17) is 14.2 Å². The molecule has 0 spiro atoms. The molecule has 262 valence electrons. The van der Waals surface area contributed by atoms with Crippen LogP contribution in [0.2, 0.25) is 0 Å². The smallest absolute Gasteiger partial charge is 0.340 e. The number of hydrogen-bond acceptors (Lipinski definition) is 6. The van der Waals surface area contributed by atoms with Crippen molar-refractivity contribution in [1.29, 1.82) is 0 Å². The van der Waals surface area contributed by atoms with Crippen LogP contribution in [0.15, 0.2) is 48.5 Å². The molecule has 5 aliphatic rings. The van der Waals surface area contributed by atoms with Crippen LogP contribution < -0.4 is 9.47 Å². The predicted molar refractivity (Wildman–Crippen MR) is 191 cm³/mol. The van der Waals surface area contributed by atoms with Gasteiger partial charge >= 0.3 is 17.9 Å². The highest BCUT2D eigenvalue weighted by Gasteiger charge is 2.57. The Balaban J connectivity index is 1.23. The van der Waals surface area contributed by atoms with E-state index < -0.39 is 5.60 Å². The summed E-state index contributed by atoms with van der Waals surface area (Å²) in [6.45, 7) is 12.4. The van der Waals surface area contributed by atoms with Gasteiger partial charge in [-0.05, 0) is 128 Å². The maximum atomic E-state index is 13.8. The van der Waals surface area contributed by atoms with Crippen molar-refractivity contribution < 1.29 is 28.6 Å². The summed E-state index contributed by atoms with van der Waals surface area (Å²) in [4.78, 5) is 40.8. The number of cyclic esters (lactones) is 1. The lowest BCUT2D eigenvalue weighted by Crippen LogP contribution is -2.32. The number of rotatable bonds is 8. The molecule has 0 N–H and O–H groups in total. The van der Waals surface area contributed by atoms with E-state index in [1.54, 1.807) is 0 Å². The second kappa shape index (κ2) is 12.4. The molecule has 0 amide bonds. The van der Waals surface area contributed by atoms with Crippen LogP contribution in [0, 0.1) is 49.4 Å². The molecule has 50 heavy (non-hydrogen) atoms. The first-order chi connectivity index (χ1) is 24.0. The lowest BCUT2D eigenvalue weighted by atomic mass is 9.73. The van der Waals surface area contributed by atoms with Gasteiger partial charge in [0.05, 0.1) is 17.4 Å². The predicted octanol–water partition coefficient (Wildman–Crippen LogP) is 9.70. The van der Waals surface area contributed by atoms with Crippen molar-refractivity contribution in [1.82, 2.24) is 0 Å². The van der Waals surface area contributed by atoms with Crippen molar-refractivity contribution in [2.45, 2.75) is 110 Å². The fraction of sp³-hybridized carbons (Fsp3) is 0.523. The van der Waals surface area contributed by atoms with Gasteiger partial charge < -0.3 is 14.2 Å². The van der Waals surface area contributed by atoms with Crippen molar-refractivity contribution in [3.05, 3.63) is 93.0 Å².